The number of ether oxygens (including phenoxy) is 2. The zero-order chi connectivity index (χ0) is 20.4. The summed E-state index contributed by atoms with van der Waals surface area (Å²) in [5.41, 5.74) is 2.67. The second-order valence-electron chi connectivity index (χ2n) is 6.57. The molecule has 0 fully saturated rings. The lowest BCUT2D eigenvalue weighted by molar-refractivity contribution is 0.0425. The van der Waals surface area contributed by atoms with Crippen LogP contribution in [-0.2, 0) is 22.7 Å². The van der Waals surface area contributed by atoms with Crippen molar-refractivity contribution in [3.05, 3.63) is 81.6 Å². The molecule has 4 aromatic rings. The summed E-state index contributed by atoms with van der Waals surface area (Å²) < 4.78 is 18.1. The molecular weight excluding hydrogens is 372 g/mol. The smallest absolute Gasteiger partial charge is 0.375 e. The van der Waals surface area contributed by atoms with Gasteiger partial charge in [-0.15, -0.1) is 0 Å². The number of aryl methyl sites for hydroxylation is 1. The minimum absolute atomic E-state index is 0.105. The Kier molecular flexibility index (Phi) is 5.14. The lowest BCUT2D eigenvalue weighted by Gasteiger charge is -2.07. The van der Waals surface area contributed by atoms with Crippen LogP contribution in [0.2, 0.25) is 0 Å². The molecule has 148 valence electrons. The Hall–Kier alpha value is -3.45. The maximum atomic E-state index is 12.7. The van der Waals surface area contributed by atoms with E-state index in [1.165, 1.54) is 10.5 Å². The van der Waals surface area contributed by atoms with Gasteiger partial charge in [0.15, 0.2) is 0 Å². The van der Waals surface area contributed by atoms with Gasteiger partial charge in [-0.2, -0.15) is 0 Å². The molecule has 0 aliphatic heterocycles. The molecule has 0 spiro atoms. The number of furan rings is 1. The molecule has 29 heavy (non-hydrogen) atoms. The molecule has 0 saturated heterocycles. The van der Waals surface area contributed by atoms with E-state index in [1.54, 1.807) is 12.1 Å². The van der Waals surface area contributed by atoms with Gasteiger partial charge < -0.3 is 13.9 Å². The van der Waals surface area contributed by atoms with Crippen LogP contribution in [-0.4, -0.2) is 22.0 Å². The molecule has 7 heteroatoms. The van der Waals surface area contributed by atoms with Crippen molar-refractivity contribution in [1.82, 2.24) is 9.38 Å². The molecule has 0 N–H and O–H groups in total. The zero-order valence-corrected chi connectivity index (χ0v) is 16.2. The van der Waals surface area contributed by atoms with Gasteiger partial charge in [-0.3, -0.25) is 9.20 Å². The van der Waals surface area contributed by atoms with E-state index in [0.29, 0.717) is 29.1 Å². The van der Waals surface area contributed by atoms with Crippen molar-refractivity contribution in [2.75, 3.05) is 6.61 Å². The minimum atomic E-state index is -0.623. The van der Waals surface area contributed by atoms with E-state index in [2.05, 4.69) is 4.98 Å². The van der Waals surface area contributed by atoms with Crippen molar-refractivity contribution in [3.8, 4) is 0 Å². The maximum Gasteiger partial charge on any atom is 0.375 e. The third-order valence-electron chi connectivity index (χ3n) is 4.62. The number of aromatic nitrogens is 2. The van der Waals surface area contributed by atoms with Gasteiger partial charge in [0.25, 0.3) is 5.56 Å². The first-order valence-electron chi connectivity index (χ1n) is 9.32. The van der Waals surface area contributed by atoms with E-state index in [0.717, 1.165) is 11.1 Å². The van der Waals surface area contributed by atoms with Gasteiger partial charge in [-0.25, -0.2) is 9.78 Å². The highest BCUT2D eigenvalue weighted by molar-refractivity contribution is 5.96. The number of fused-ring (bicyclic) bond motifs is 2. The zero-order valence-electron chi connectivity index (χ0n) is 16.2. The van der Waals surface area contributed by atoms with Crippen LogP contribution in [0.4, 0.5) is 0 Å². The number of hydrogen-bond acceptors (Lipinski definition) is 6. The first-order chi connectivity index (χ1) is 14.1. The fourth-order valence-electron chi connectivity index (χ4n) is 3.25. The molecule has 3 heterocycles. The molecule has 1 aromatic carbocycles. The molecule has 0 radical (unpaired) electrons. The highest BCUT2D eigenvalue weighted by Crippen LogP contribution is 2.27. The Morgan fingerprint density at radius 1 is 1.14 bits per heavy atom. The topological polar surface area (TPSA) is 83.0 Å². The molecule has 0 aliphatic carbocycles. The van der Waals surface area contributed by atoms with Crippen LogP contribution < -0.4 is 5.56 Å². The van der Waals surface area contributed by atoms with Gasteiger partial charge in [-0.1, -0.05) is 24.3 Å². The number of carbonyl (C=O) groups is 1. The number of esters is 1. The summed E-state index contributed by atoms with van der Waals surface area (Å²) in [7, 11) is 0. The van der Waals surface area contributed by atoms with Crippen molar-refractivity contribution >= 4 is 22.6 Å². The van der Waals surface area contributed by atoms with Crippen LogP contribution in [0.1, 0.15) is 34.4 Å². The molecule has 7 nitrogen and oxygen atoms in total. The van der Waals surface area contributed by atoms with Gasteiger partial charge in [0.2, 0.25) is 5.76 Å². The summed E-state index contributed by atoms with van der Waals surface area (Å²) in [6.07, 6.45) is 0. The predicted molar refractivity (Wildman–Crippen MR) is 107 cm³/mol. The van der Waals surface area contributed by atoms with Gasteiger partial charge in [0, 0.05) is 29.3 Å². The lowest BCUT2D eigenvalue weighted by atomic mass is 10.1. The number of nitrogens with zero attached hydrogens (tertiary/aromatic N) is 2. The number of hydrogen-bond donors (Lipinski definition) is 0. The van der Waals surface area contributed by atoms with Crippen molar-refractivity contribution in [2.24, 2.45) is 0 Å². The molecule has 0 atom stereocenters. The number of rotatable bonds is 6. The number of pyridine rings is 1. The predicted octanol–water partition coefficient (Wildman–Crippen LogP) is 3.64. The van der Waals surface area contributed by atoms with Crippen LogP contribution in [0.3, 0.4) is 0 Å². The molecular formula is C22H20N2O5. The summed E-state index contributed by atoms with van der Waals surface area (Å²) in [6, 6.07) is 14.1. The summed E-state index contributed by atoms with van der Waals surface area (Å²) >= 11 is 0. The Morgan fingerprint density at radius 3 is 2.79 bits per heavy atom. The molecule has 4 rings (SSSR count). The SMILES string of the molecule is CCOCc1c(C(=O)OCc2cc(=O)n3c(C)cccc3n2)oc2ccccc12. The van der Waals surface area contributed by atoms with E-state index >= 15 is 0 Å². The van der Waals surface area contributed by atoms with Crippen LogP contribution in [0.15, 0.2) is 57.7 Å². The van der Waals surface area contributed by atoms with Crippen LogP contribution in [0, 0.1) is 6.92 Å². The van der Waals surface area contributed by atoms with Crippen molar-refractivity contribution in [2.45, 2.75) is 27.1 Å². The van der Waals surface area contributed by atoms with Crippen LogP contribution in [0.5, 0.6) is 0 Å². The number of benzene rings is 1. The first-order valence-corrected chi connectivity index (χ1v) is 9.32. The van der Waals surface area contributed by atoms with Crippen molar-refractivity contribution < 1.29 is 18.7 Å². The molecule has 0 aliphatic rings. The fourth-order valence-corrected chi connectivity index (χ4v) is 3.25. The Balaban J connectivity index is 1.60. The van der Waals surface area contributed by atoms with Gasteiger partial charge >= 0.3 is 5.97 Å². The Bertz CT molecular complexity index is 1260. The summed E-state index contributed by atoms with van der Waals surface area (Å²) in [4.78, 5) is 29.5. The third kappa shape index (κ3) is 3.64. The van der Waals surface area contributed by atoms with Crippen LogP contribution >= 0.6 is 0 Å². The van der Waals surface area contributed by atoms with Crippen LogP contribution in [0.25, 0.3) is 16.6 Å². The standard InChI is InChI=1S/C22H20N2O5/c1-3-27-13-17-16-8-4-5-9-18(16)29-21(17)22(26)28-12-15-11-20(25)24-14(2)7-6-10-19(24)23-15/h4-11H,3,12-13H2,1-2H3. The van der Waals surface area contributed by atoms with E-state index in [4.69, 9.17) is 13.9 Å². The average molecular weight is 392 g/mol. The monoisotopic (exact) mass is 392 g/mol. The molecule has 0 unspecified atom stereocenters. The average Bonchev–Trinajstić information content (AvgIpc) is 3.09. The van der Waals surface area contributed by atoms with Gasteiger partial charge in [0.05, 0.1) is 12.3 Å². The Morgan fingerprint density at radius 2 is 1.97 bits per heavy atom. The van der Waals surface area contributed by atoms with Crippen molar-refractivity contribution in [3.63, 3.8) is 0 Å². The first kappa shape index (κ1) is 18.9. The van der Waals surface area contributed by atoms with Gasteiger partial charge in [-0.05, 0) is 32.0 Å². The minimum Gasteiger partial charge on any atom is -0.453 e. The third-order valence-corrected chi connectivity index (χ3v) is 4.62. The highest BCUT2D eigenvalue weighted by atomic mass is 16.5. The molecule has 0 saturated carbocycles. The largest absolute Gasteiger partial charge is 0.453 e. The summed E-state index contributed by atoms with van der Waals surface area (Å²) in [5, 5.41) is 0.811. The van der Waals surface area contributed by atoms with E-state index in [1.807, 2.05) is 44.2 Å². The number of carbonyl (C=O) groups excluding carboxylic acids is 1. The quantitative estimate of drug-likeness (QED) is 0.466. The molecule has 0 amide bonds. The normalized spacial score (nSPS) is 11.2. The Labute approximate surface area is 166 Å². The highest BCUT2D eigenvalue weighted by Gasteiger charge is 2.22. The van der Waals surface area contributed by atoms with E-state index in [9.17, 15) is 9.59 Å². The lowest BCUT2D eigenvalue weighted by Crippen LogP contribution is -2.18. The van der Waals surface area contributed by atoms with Gasteiger partial charge in [0.1, 0.15) is 17.8 Å². The second-order valence-corrected chi connectivity index (χ2v) is 6.57. The molecule has 0 bridgehead atoms. The van der Waals surface area contributed by atoms with E-state index < -0.39 is 5.97 Å². The van der Waals surface area contributed by atoms with Crippen molar-refractivity contribution in [1.29, 1.82) is 0 Å². The van der Waals surface area contributed by atoms with E-state index in [-0.39, 0.29) is 24.5 Å². The second kappa shape index (κ2) is 7.89. The summed E-state index contributed by atoms with van der Waals surface area (Å²) in [6.45, 7) is 4.33. The molecule has 3 aromatic heterocycles. The summed E-state index contributed by atoms with van der Waals surface area (Å²) in [5.74, 6) is -0.518. The fraction of sp³-hybridized carbons (Fsp3) is 0.227. The number of para-hydroxylation sites is 1. The maximum absolute atomic E-state index is 12.7.